The van der Waals surface area contributed by atoms with Crippen LogP contribution in [0.25, 0.3) is 10.4 Å². The Hall–Kier alpha value is -3.59. The van der Waals surface area contributed by atoms with Crippen molar-refractivity contribution in [1.29, 1.82) is 0 Å². The molecule has 1 N–H and O–H groups in total. The number of aryl methyl sites for hydroxylation is 1. The van der Waals surface area contributed by atoms with Crippen molar-refractivity contribution in [2.45, 2.75) is 58.8 Å². The molecule has 0 aliphatic carbocycles. The zero-order chi connectivity index (χ0) is 27.0. The van der Waals surface area contributed by atoms with Gasteiger partial charge in [-0.25, -0.2) is 9.37 Å². The molecule has 0 bridgehead atoms. The SMILES string of the molecule is Cc1ncsc1-c1ccc(CNC(=O)C2CCCN2C(=O)C(C(C)C)N2Cc3c(F)cccc3C2=O)cc1. The molecule has 38 heavy (non-hydrogen) atoms. The quantitative estimate of drug-likeness (QED) is 0.482. The van der Waals surface area contributed by atoms with Crippen LogP contribution in [-0.4, -0.2) is 51.1 Å². The number of amides is 3. The lowest BCUT2D eigenvalue weighted by molar-refractivity contribution is -0.143. The molecule has 3 aromatic rings. The Morgan fingerprint density at radius 2 is 1.95 bits per heavy atom. The van der Waals surface area contributed by atoms with E-state index in [-0.39, 0.29) is 30.2 Å². The van der Waals surface area contributed by atoms with Crippen LogP contribution >= 0.6 is 11.3 Å². The third-order valence-electron chi connectivity index (χ3n) is 7.43. The average molecular weight is 535 g/mol. The van der Waals surface area contributed by atoms with Gasteiger partial charge in [-0.1, -0.05) is 44.2 Å². The lowest BCUT2D eigenvalue weighted by Gasteiger charge is -2.35. The topological polar surface area (TPSA) is 82.6 Å². The van der Waals surface area contributed by atoms with Crippen molar-refractivity contribution in [3.63, 3.8) is 0 Å². The van der Waals surface area contributed by atoms with Crippen LogP contribution in [0.3, 0.4) is 0 Å². The summed E-state index contributed by atoms with van der Waals surface area (Å²) in [5.74, 6) is -1.45. The fourth-order valence-electron chi connectivity index (χ4n) is 5.45. The summed E-state index contributed by atoms with van der Waals surface area (Å²) in [6.45, 7) is 6.58. The molecule has 198 valence electrons. The molecule has 0 radical (unpaired) electrons. The monoisotopic (exact) mass is 534 g/mol. The summed E-state index contributed by atoms with van der Waals surface area (Å²) in [4.78, 5) is 48.6. The summed E-state index contributed by atoms with van der Waals surface area (Å²) in [7, 11) is 0. The van der Waals surface area contributed by atoms with Crippen LogP contribution in [0.5, 0.6) is 0 Å². The van der Waals surface area contributed by atoms with Crippen LogP contribution in [0.4, 0.5) is 4.39 Å². The second kappa shape index (κ2) is 10.6. The van der Waals surface area contributed by atoms with Crippen LogP contribution in [0, 0.1) is 18.7 Å². The van der Waals surface area contributed by atoms with Gasteiger partial charge in [0.05, 0.1) is 22.6 Å². The predicted molar refractivity (Wildman–Crippen MR) is 144 cm³/mol. The number of rotatable bonds is 7. The second-order valence-corrected chi connectivity index (χ2v) is 11.1. The van der Waals surface area contributed by atoms with E-state index < -0.39 is 17.9 Å². The van der Waals surface area contributed by atoms with Crippen molar-refractivity contribution in [1.82, 2.24) is 20.1 Å². The van der Waals surface area contributed by atoms with Gasteiger partial charge in [0.15, 0.2) is 0 Å². The molecular weight excluding hydrogens is 503 g/mol. The molecule has 1 saturated heterocycles. The van der Waals surface area contributed by atoms with Gasteiger partial charge in [-0.05, 0) is 48.9 Å². The van der Waals surface area contributed by atoms with E-state index in [4.69, 9.17) is 0 Å². The van der Waals surface area contributed by atoms with Crippen molar-refractivity contribution in [3.05, 3.63) is 76.2 Å². The number of benzene rings is 2. The molecule has 2 aliphatic heterocycles. The lowest BCUT2D eigenvalue weighted by Crippen LogP contribution is -2.55. The number of carbonyl (C=O) groups is 3. The molecule has 3 heterocycles. The molecule has 0 saturated carbocycles. The maximum Gasteiger partial charge on any atom is 0.255 e. The first-order chi connectivity index (χ1) is 18.3. The largest absolute Gasteiger partial charge is 0.350 e. The number of carbonyl (C=O) groups excluding carboxylic acids is 3. The van der Waals surface area contributed by atoms with Gasteiger partial charge in [0.1, 0.15) is 17.9 Å². The standard InChI is InChI=1S/C29H31FN4O3S/c1-17(2)25(34-15-22-21(28(34)36)6-4-7-23(22)30)29(37)33-13-5-8-24(33)27(35)31-14-19-9-11-20(12-10-19)26-18(3)32-16-38-26/h4,6-7,9-12,16-17,24-25H,5,8,13-15H2,1-3H3,(H,31,35). The van der Waals surface area contributed by atoms with Crippen molar-refractivity contribution < 1.29 is 18.8 Å². The van der Waals surface area contributed by atoms with Crippen LogP contribution in [0.15, 0.2) is 48.0 Å². The minimum atomic E-state index is -0.773. The van der Waals surface area contributed by atoms with Crippen LogP contribution in [-0.2, 0) is 22.7 Å². The number of hydrogen-bond donors (Lipinski definition) is 1. The van der Waals surface area contributed by atoms with Crippen molar-refractivity contribution >= 4 is 29.1 Å². The maximum atomic E-state index is 14.4. The van der Waals surface area contributed by atoms with E-state index in [0.717, 1.165) is 21.7 Å². The van der Waals surface area contributed by atoms with Crippen LogP contribution < -0.4 is 5.32 Å². The van der Waals surface area contributed by atoms with Gasteiger partial charge in [-0.3, -0.25) is 14.4 Å². The average Bonchev–Trinajstić information content (AvgIpc) is 3.63. The van der Waals surface area contributed by atoms with E-state index in [1.54, 1.807) is 22.3 Å². The van der Waals surface area contributed by atoms with Gasteiger partial charge >= 0.3 is 0 Å². The lowest BCUT2D eigenvalue weighted by atomic mass is 10.0. The van der Waals surface area contributed by atoms with Gasteiger partial charge in [0, 0.05) is 24.2 Å². The molecule has 1 fully saturated rings. The smallest absolute Gasteiger partial charge is 0.255 e. The summed E-state index contributed by atoms with van der Waals surface area (Å²) in [5, 5.41) is 2.99. The number of nitrogens with zero attached hydrogens (tertiary/aromatic N) is 3. The zero-order valence-electron chi connectivity index (χ0n) is 21.7. The molecule has 2 unspecified atom stereocenters. The maximum absolute atomic E-state index is 14.4. The number of aromatic nitrogens is 1. The van der Waals surface area contributed by atoms with E-state index >= 15 is 0 Å². The first-order valence-electron chi connectivity index (χ1n) is 12.9. The molecule has 1 aromatic heterocycles. The number of likely N-dealkylation sites (tertiary alicyclic amines) is 1. The third kappa shape index (κ3) is 4.82. The fourth-order valence-corrected chi connectivity index (χ4v) is 6.26. The highest BCUT2D eigenvalue weighted by Crippen LogP contribution is 2.31. The molecular formula is C29H31FN4O3S. The predicted octanol–water partition coefficient (Wildman–Crippen LogP) is 4.55. The Labute approximate surface area is 225 Å². The first-order valence-corrected chi connectivity index (χ1v) is 13.8. The second-order valence-electron chi connectivity index (χ2n) is 10.3. The van der Waals surface area contributed by atoms with Crippen molar-refractivity contribution in [2.24, 2.45) is 5.92 Å². The Kier molecular flexibility index (Phi) is 7.29. The number of halogens is 1. The molecule has 5 rings (SSSR count). The molecule has 9 heteroatoms. The highest BCUT2D eigenvalue weighted by atomic mass is 32.1. The van der Waals surface area contributed by atoms with Crippen LogP contribution in [0.2, 0.25) is 0 Å². The third-order valence-corrected chi connectivity index (χ3v) is 8.40. The van der Waals surface area contributed by atoms with Crippen molar-refractivity contribution in [3.8, 4) is 10.4 Å². The Morgan fingerprint density at radius 3 is 2.61 bits per heavy atom. The van der Waals surface area contributed by atoms with Gasteiger partial charge in [-0.15, -0.1) is 11.3 Å². The number of thiazole rings is 1. The normalized spacial score (nSPS) is 17.7. The highest BCUT2D eigenvalue weighted by Gasteiger charge is 2.44. The van der Waals surface area contributed by atoms with Gasteiger partial charge in [-0.2, -0.15) is 0 Å². The minimum absolute atomic E-state index is 0.0528. The first kappa shape index (κ1) is 26.0. The summed E-state index contributed by atoms with van der Waals surface area (Å²) < 4.78 is 14.4. The number of nitrogens with one attached hydrogen (secondary N) is 1. The highest BCUT2D eigenvalue weighted by molar-refractivity contribution is 7.13. The van der Waals surface area contributed by atoms with E-state index in [2.05, 4.69) is 10.3 Å². The van der Waals surface area contributed by atoms with Crippen molar-refractivity contribution in [2.75, 3.05) is 6.54 Å². The summed E-state index contributed by atoms with van der Waals surface area (Å²) in [5.41, 5.74) is 5.49. The Morgan fingerprint density at radius 1 is 1.18 bits per heavy atom. The summed E-state index contributed by atoms with van der Waals surface area (Å²) >= 11 is 1.60. The fraction of sp³-hybridized carbons (Fsp3) is 0.379. The minimum Gasteiger partial charge on any atom is -0.350 e. The number of hydrogen-bond acceptors (Lipinski definition) is 5. The van der Waals surface area contributed by atoms with Crippen LogP contribution in [0.1, 0.15) is 53.9 Å². The van der Waals surface area contributed by atoms with E-state index in [0.29, 0.717) is 37.1 Å². The molecule has 2 aromatic carbocycles. The van der Waals surface area contributed by atoms with Gasteiger partial charge in [0.25, 0.3) is 5.91 Å². The Bertz CT molecular complexity index is 1370. The summed E-state index contributed by atoms with van der Waals surface area (Å²) in [6, 6.07) is 11.1. The Balaban J connectivity index is 1.26. The molecule has 0 spiro atoms. The molecule has 3 amide bonds. The molecule has 7 nitrogen and oxygen atoms in total. The number of fused-ring (bicyclic) bond motifs is 1. The van der Waals surface area contributed by atoms with E-state index in [1.807, 2.05) is 50.5 Å². The van der Waals surface area contributed by atoms with E-state index in [9.17, 15) is 18.8 Å². The van der Waals surface area contributed by atoms with Gasteiger partial charge < -0.3 is 15.1 Å². The summed E-state index contributed by atoms with van der Waals surface area (Å²) in [6.07, 6.45) is 1.27. The zero-order valence-corrected chi connectivity index (χ0v) is 22.6. The molecule has 2 atom stereocenters. The van der Waals surface area contributed by atoms with E-state index in [1.165, 1.54) is 17.0 Å². The van der Waals surface area contributed by atoms with Gasteiger partial charge in [0.2, 0.25) is 11.8 Å². The molecule has 2 aliphatic rings.